The van der Waals surface area contributed by atoms with Crippen LogP contribution in [0.5, 0.6) is 0 Å². The van der Waals surface area contributed by atoms with Crippen molar-refractivity contribution in [3.63, 3.8) is 0 Å². The largest absolute Gasteiger partial charge is 0.396 e. The highest BCUT2D eigenvalue weighted by molar-refractivity contribution is 7.22. The Labute approximate surface area is 195 Å². The van der Waals surface area contributed by atoms with Crippen LogP contribution in [0, 0.1) is 6.92 Å². The molecular formula is C23H28N6O3S. The highest BCUT2D eigenvalue weighted by atomic mass is 32.1. The molecule has 0 saturated heterocycles. The highest BCUT2D eigenvalue weighted by Crippen LogP contribution is 2.32. The summed E-state index contributed by atoms with van der Waals surface area (Å²) in [5, 5.41) is 36.0. The fraction of sp³-hybridized carbons (Fsp3) is 0.348. The zero-order valence-corrected chi connectivity index (χ0v) is 19.3. The lowest BCUT2D eigenvalue weighted by Gasteiger charge is -2.18. The number of anilines is 4. The molecule has 0 radical (unpaired) electrons. The van der Waals surface area contributed by atoms with Gasteiger partial charge in [0.05, 0.1) is 28.9 Å². The summed E-state index contributed by atoms with van der Waals surface area (Å²) in [5.41, 5.74) is 3.64. The number of rotatable bonds is 11. The molecule has 10 heteroatoms. The van der Waals surface area contributed by atoms with Gasteiger partial charge in [0.1, 0.15) is 5.82 Å². The van der Waals surface area contributed by atoms with Gasteiger partial charge in [-0.25, -0.2) is 9.97 Å². The van der Waals surface area contributed by atoms with Crippen molar-refractivity contribution in [2.75, 3.05) is 55.0 Å². The summed E-state index contributed by atoms with van der Waals surface area (Å²) in [7, 11) is 0. The lowest BCUT2D eigenvalue weighted by atomic mass is 10.1. The van der Waals surface area contributed by atoms with Gasteiger partial charge in [-0.05, 0) is 43.7 Å². The Morgan fingerprint density at radius 1 is 0.909 bits per heavy atom. The third-order valence-corrected chi connectivity index (χ3v) is 6.20. The van der Waals surface area contributed by atoms with Crippen LogP contribution < -0.4 is 15.5 Å². The maximum Gasteiger partial charge on any atom is 0.229 e. The molecule has 2 aromatic heterocycles. The molecular weight excluding hydrogens is 440 g/mol. The number of aryl methyl sites for hydroxylation is 1. The van der Waals surface area contributed by atoms with Crippen molar-refractivity contribution < 1.29 is 15.3 Å². The first-order valence-electron chi connectivity index (χ1n) is 10.9. The van der Waals surface area contributed by atoms with E-state index in [1.54, 1.807) is 0 Å². The number of fused-ring (bicyclic) bond motifs is 2. The van der Waals surface area contributed by atoms with Gasteiger partial charge < -0.3 is 30.9 Å². The molecule has 0 aliphatic carbocycles. The van der Waals surface area contributed by atoms with Crippen LogP contribution in [0.3, 0.4) is 0 Å². The fourth-order valence-corrected chi connectivity index (χ4v) is 4.57. The van der Waals surface area contributed by atoms with Crippen molar-refractivity contribution in [3.8, 4) is 0 Å². The number of hydrogen-bond acceptors (Lipinski definition) is 10. The maximum absolute atomic E-state index is 9.30. The molecule has 2 aromatic carbocycles. The van der Waals surface area contributed by atoms with Crippen LogP contribution in [0.15, 0.2) is 36.4 Å². The van der Waals surface area contributed by atoms with Crippen molar-refractivity contribution in [2.45, 2.75) is 13.3 Å². The van der Waals surface area contributed by atoms with Gasteiger partial charge in [0.25, 0.3) is 0 Å². The van der Waals surface area contributed by atoms with E-state index in [2.05, 4.69) is 31.7 Å². The van der Waals surface area contributed by atoms with E-state index in [1.807, 2.05) is 42.2 Å². The van der Waals surface area contributed by atoms with E-state index in [9.17, 15) is 10.2 Å². The quantitative estimate of drug-likeness (QED) is 0.211. The van der Waals surface area contributed by atoms with E-state index in [1.165, 1.54) is 11.3 Å². The lowest BCUT2D eigenvalue weighted by molar-refractivity contribution is 0.281. The first-order chi connectivity index (χ1) is 16.1. The van der Waals surface area contributed by atoms with Gasteiger partial charge >= 0.3 is 0 Å². The number of thiazole rings is 1. The number of hydrogen-bond donors (Lipinski definition) is 5. The molecule has 0 aliphatic heterocycles. The Kier molecular flexibility index (Phi) is 7.50. The highest BCUT2D eigenvalue weighted by Gasteiger charge is 2.13. The summed E-state index contributed by atoms with van der Waals surface area (Å²) >= 11 is 1.51. The Morgan fingerprint density at radius 2 is 1.70 bits per heavy atom. The summed E-state index contributed by atoms with van der Waals surface area (Å²) in [6.07, 6.45) is 0.633. The smallest absolute Gasteiger partial charge is 0.229 e. The molecule has 0 amide bonds. The van der Waals surface area contributed by atoms with E-state index >= 15 is 0 Å². The topological polar surface area (TPSA) is 127 Å². The zero-order valence-electron chi connectivity index (χ0n) is 18.5. The molecule has 0 fully saturated rings. The predicted octanol–water partition coefficient (Wildman–Crippen LogP) is 2.88. The third kappa shape index (κ3) is 5.48. The first-order valence-corrected chi connectivity index (χ1v) is 11.7. The van der Waals surface area contributed by atoms with E-state index < -0.39 is 0 Å². The van der Waals surface area contributed by atoms with Crippen LogP contribution in [0.4, 0.5) is 22.6 Å². The van der Waals surface area contributed by atoms with Gasteiger partial charge in [-0.15, -0.1) is 0 Å². The first kappa shape index (κ1) is 23.1. The van der Waals surface area contributed by atoms with E-state index in [-0.39, 0.29) is 19.8 Å². The average Bonchev–Trinajstić information content (AvgIpc) is 3.23. The van der Waals surface area contributed by atoms with Crippen LogP contribution in [0.2, 0.25) is 0 Å². The number of aliphatic hydroxyl groups excluding tert-OH is 3. The minimum absolute atomic E-state index is 0.00374. The van der Waals surface area contributed by atoms with E-state index in [0.29, 0.717) is 32.0 Å². The lowest BCUT2D eigenvalue weighted by Crippen LogP contribution is -2.29. The molecule has 174 valence electrons. The Balaban J connectivity index is 1.62. The van der Waals surface area contributed by atoms with Crippen LogP contribution in [-0.2, 0) is 0 Å². The minimum Gasteiger partial charge on any atom is -0.396 e. The van der Waals surface area contributed by atoms with E-state index in [4.69, 9.17) is 5.11 Å². The molecule has 0 atom stereocenters. The SMILES string of the molecule is Cc1ccc2nc(Nc3ccc4nc(N(CCO)CCO)sc4c3)nc(NCCCO)c2c1. The molecule has 0 bridgehead atoms. The summed E-state index contributed by atoms with van der Waals surface area (Å²) < 4.78 is 0.980. The van der Waals surface area contributed by atoms with Crippen molar-refractivity contribution in [1.82, 2.24) is 15.0 Å². The predicted molar refractivity (Wildman–Crippen MR) is 134 cm³/mol. The zero-order chi connectivity index (χ0) is 23.2. The number of aromatic nitrogens is 3. The van der Waals surface area contributed by atoms with Gasteiger partial charge in [-0.1, -0.05) is 23.0 Å². The maximum atomic E-state index is 9.30. The average molecular weight is 469 g/mol. The molecule has 33 heavy (non-hydrogen) atoms. The monoisotopic (exact) mass is 468 g/mol. The van der Waals surface area contributed by atoms with Crippen molar-refractivity contribution in [3.05, 3.63) is 42.0 Å². The summed E-state index contributed by atoms with van der Waals surface area (Å²) in [4.78, 5) is 15.9. The van der Waals surface area contributed by atoms with Crippen LogP contribution in [0.25, 0.3) is 21.1 Å². The Morgan fingerprint density at radius 3 is 2.45 bits per heavy atom. The standard InChI is InChI=1S/C23H28N6O3S/c1-15-3-5-18-17(13-15)21(24-7-2-10-30)28-22(26-18)25-16-4-6-19-20(14-16)33-23(27-19)29(8-11-31)9-12-32/h3-6,13-14,30-32H,2,7-12H2,1H3,(H2,24,25,26,28). The van der Waals surface area contributed by atoms with Crippen LogP contribution in [-0.4, -0.2) is 69.7 Å². The van der Waals surface area contributed by atoms with Crippen molar-refractivity contribution in [1.29, 1.82) is 0 Å². The number of benzene rings is 2. The molecule has 5 N–H and O–H groups in total. The molecule has 4 aromatic rings. The second-order valence-electron chi connectivity index (χ2n) is 7.66. The molecule has 9 nitrogen and oxygen atoms in total. The van der Waals surface area contributed by atoms with E-state index in [0.717, 1.165) is 43.3 Å². The Bertz CT molecular complexity index is 1230. The van der Waals surface area contributed by atoms with Crippen molar-refractivity contribution >= 4 is 55.0 Å². The molecule has 0 aliphatic rings. The molecule has 0 unspecified atom stereocenters. The molecule has 0 spiro atoms. The van der Waals surface area contributed by atoms with Crippen LogP contribution in [0.1, 0.15) is 12.0 Å². The van der Waals surface area contributed by atoms with Gasteiger partial charge in [-0.2, -0.15) is 4.98 Å². The van der Waals surface area contributed by atoms with Gasteiger partial charge in [0, 0.05) is 37.3 Å². The minimum atomic E-state index is -0.00374. The molecule has 4 rings (SSSR count). The fourth-order valence-electron chi connectivity index (χ4n) is 3.52. The normalized spacial score (nSPS) is 11.3. The summed E-state index contributed by atoms with van der Waals surface area (Å²) in [6.45, 7) is 3.59. The Hall–Kier alpha value is -3.05. The van der Waals surface area contributed by atoms with Gasteiger partial charge in [-0.3, -0.25) is 0 Å². The number of aliphatic hydroxyl groups is 3. The molecule has 0 saturated carbocycles. The second kappa shape index (κ2) is 10.7. The summed E-state index contributed by atoms with van der Waals surface area (Å²) in [6, 6.07) is 11.9. The number of nitrogens with one attached hydrogen (secondary N) is 2. The van der Waals surface area contributed by atoms with Gasteiger partial charge in [0.2, 0.25) is 5.95 Å². The van der Waals surface area contributed by atoms with Crippen molar-refractivity contribution in [2.24, 2.45) is 0 Å². The van der Waals surface area contributed by atoms with Gasteiger partial charge in [0.15, 0.2) is 5.13 Å². The second-order valence-corrected chi connectivity index (χ2v) is 8.67. The number of nitrogens with zero attached hydrogens (tertiary/aromatic N) is 4. The summed E-state index contributed by atoms with van der Waals surface area (Å²) in [5.74, 6) is 1.20. The third-order valence-electron chi connectivity index (χ3n) is 5.12. The van der Waals surface area contributed by atoms with Crippen LogP contribution >= 0.6 is 11.3 Å². The molecule has 2 heterocycles.